The van der Waals surface area contributed by atoms with Crippen molar-refractivity contribution in [1.29, 1.82) is 0 Å². The van der Waals surface area contributed by atoms with Gasteiger partial charge in [-0.15, -0.1) is 0 Å². The first kappa shape index (κ1) is 13.1. The van der Waals surface area contributed by atoms with Crippen LogP contribution in [0.15, 0.2) is 4.99 Å². The summed E-state index contributed by atoms with van der Waals surface area (Å²) in [7, 11) is 0. The second-order valence-electron chi connectivity index (χ2n) is 3.56. The van der Waals surface area contributed by atoms with E-state index in [-0.39, 0.29) is 5.92 Å². The quantitative estimate of drug-likeness (QED) is 0.506. The van der Waals surface area contributed by atoms with Crippen LogP contribution >= 0.6 is 0 Å². The van der Waals surface area contributed by atoms with Gasteiger partial charge in [0.15, 0.2) is 0 Å². The molecule has 0 heterocycles. The summed E-state index contributed by atoms with van der Waals surface area (Å²) in [5.41, 5.74) is 0.771. The lowest BCUT2D eigenvalue weighted by Crippen LogP contribution is -2.21. The van der Waals surface area contributed by atoms with Crippen molar-refractivity contribution in [1.82, 2.24) is 0 Å². The first-order chi connectivity index (χ1) is 6.63. The number of nitrogens with zero attached hydrogens (tertiary/aromatic N) is 1. The molecule has 3 heteroatoms. The summed E-state index contributed by atoms with van der Waals surface area (Å²) in [5.74, 6) is -1.12. The molecule has 1 N–H and O–H groups in total. The molecule has 0 saturated heterocycles. The van der Waals surface area contributed by atoms with Crippen LogP contribution in [0.1, 0.15) is 46.5 Å². The molecule has 0 aromatic carbocycles. The van der Waals surface area contributed by atoms with Crippen molar-refractivity contribution in [3.8, 4) is 0 Å². The molecule has 0 aliphatic rings. The zero-order chi connectivity index (χ0) is 11.0. The normalized spacial score (nSPS) is 14.1. The van der Waals surface area contributed by atoms with Gasteiger partial charge in [0.1, 0.15) is 0 Å². The van der Waals surface area contributed by atoms with Crippen LogP contribution in [0.25, 0.3) is 0 Å². The van der Waals surface area contributed by atoms with Crippen molar-refractivity contribution in [2.45, 2.75) is 46.5 Å². The highest BCUT2D eigenvalue weighted by molar-refractivity contribution is 6.00. The molecule has 0 aromatic heterocycles. The molecule has 0 fully saturated rings. The molecule has 3 nitrogen and oxygen atoms in total. The Kier molecular flexibility index (Phi) is 7.07. The summed E-state index contributed by atoms with van der Waals surface area (Å²) in [6.45, 7) is 6.68. The summed E-state index contributed by atoms with van der Waals surface area (Å²) in [6, 6.07) is 0. The third-order valence-corrected chi connectivity index (χ3v) is 2.25. The Morgan fingerprint density at radius 2 is 2.00 bits per heavy atom. The van der Waals surface area contributed by atoms with Gasteiger partial charge < -0.3 is 5.11 Å². The molecule has 1 atom stereocenters. The van der Waals surface area contributed by atoms with Gasteiger partial charge in [0.25, 0.3) is 0 Å². The Labute approximate surface area is 86.2 Å². The predicted molar refractivity (Wildman–Crippen MR) is 58.9 cm³/mol. The van der Waals surface area contributed by atoms with Gasteiger partial charge >= 0.3 is 5.97 Å². The SMILES string of the molecule is CCCC/N=C(/C)C(CCC)C(=O)O. The molecule has 1 unspecified atom stereocenters. The Hall–Kier alpha value is -0.860. The standard InChI is InChI=1S/C11H21NO2/c1-4-6-8-12-9(3)10(7-5-2)11(13)14/h10H,4-8H2,1-3H3,(H,13,14)/b12-9-. The fraction of sp³-hybridized carbons (Fsp3) is 0.818. The molecule has 0 radical (unpaired) electrons. The van der Waals surface area contributed by atoms with Gasteiger partial charge in [-0.05, 0) is 19.8 Å². The minimum absolute atomic E-state index is 0.378. The van der Waals surface area contributed by atoms with Crippen molar-refractivity contribution in [3.63, 3.8) is 0 Å². The Morgan fingerprint density at radius 1 is 1.36 bits per heavy atom. The van der Waals surface area contributed by atoms with Crippen molar-refractivity contribution < 1.29 is 9.90 Å². The van der Waals surface area contributed by atoms with E-state index in [1.54, 1.807) is 0 Å². The fourth-order valence-corrected chi connectivity index (χ4v) is 1.32. The molecule has 0 aromatic rings. The van der Waals surface area contributed by atoms with Gasteiger partial charge in [-0.25, -0.2) is 0 Å². The zero-order valence-electron chi connectivity index (χ0n) is 9.42. The zero-order valence-corrected chi connectivity index (χ0v) is 9.42. The van der Waals surface area contributed by atoms with Crippen molar-refractivity contribution in [2.75, 3.05) is 6.54 Å². The summed E-state index contributed by atoms with van der Waals surface area (Å²) in [4.78, 5) is 15.2. The number of carboxylic acid groups (broad SMARTS) is 1. The van der Waals surface area contributed by atoms with E-state index in [1.807, 2.05) is 13.8 Å². The lowest BCUT2D eigenvalue weighted by Gasteiger charge is -2.10. The second kappa shape index (κ2) is 7.54. The highest BCUT2D eigenvalue weighted by Crippen LogP contribution is 2.09. The lowest BCUT2D eigenvalue weighted by molar-refractivity contribution is -0.139. The minimum atomic E-state index is -0.746. The molecule has 0 spiro atoms. The van der Waals surface area contributed by atoms with Crippen LogP contribution in [0, 0.1) is 5.92 Å². The number of hydrogen-bond donors (Lipinski definition) is 1. The molecule has 0 saturated carbocycles. The van der Waals surface area contributed by atoms with Crippen LogP contribution in [0.3, 0.4) is 0 Å². The van der Waals surface area contributed by atoms with Gasteiger partial charge in [-0.1, -0.05) is 26.7 Å². The summed E-state index contributed by atoms with van der Waals surface area (Å²) in [5, 5.41) is 8.95. The maximum absolute atomic E-state index is 10.9. The van der Waals surface area contributed by atoms with Crippen molar-refractivity contribution in [3.05, 3.63) is 0 Å². The van der Waals surface area contributed by atoms with Crippen LogP contribution in [0.4, 0.5) is 0 Å². The topological polar surface area (TPSA) is 49.7 Å². The molecular formula is C11H21NO2. The summed E-state index contributed by atoms with van der Waals surface area (Å²) in [6.07, 6.45) is 3.71. The third kappa shape index (κ3) is 5.00. The van der Waals surface area contributed by atoms with E-state index in [9.17, 15) is 4.79 Å². The van der Waals surface area contributed by atoms with E-state index in [2.05, 4.69) is 11.9 Å². The molecule has 0 aliphatic carbocycles. The molecule has 14 heavy (non-hydrogen) atoms. The van der Waals surface area contributed by atoms with Crippen molar-refractivity contribution in [2.24, 2.45) is 10.9 Å². The fourth-order valence-electron chi connectivity index (χ4n) is 1.32. The molecule has 0 amide bonds. The monoisotopic (exact) mass is 199 g/mol. The van der Waals surface area contributed by atoms with E-state index in [1.165, 1.54) is 0 Å². The van der Waals surface area contributed by atoms with Gasteiger partial charge in [0, 0.05) is 12.3 Å². The van der Waals surface area contributed by atoms with Gasteiger partial charge in [-0.2, -0.15) is 0 Å². The van der Waals surface area contributed by atoms with Crippen LogP contribution in [0.5, 0.6) is 0 Å². The van der Waals surface area contributed by atoms with Crippen LogP contribution in [0.2, 0.25) is 0 Å². The van der Waals surface area contributed by atoms with Crippen LogP contribution in [-0.2, 0) is 4.79 Å². The molecule has 0 aliphatic heterocycles. The maximum Gasteiger partial charge on any atom is 0.312 e. The van der Waals surface area contributed by atoms with E-state index in [4.69, 9.17) is 5.11 Å². The summed E-state index contributed by atoms with van der Waals surface area (Å²) < 4.78 is 0. The number of aliphatic carboxylic acids is 1. The number of hydrogen-bond acceptors (Lipinski definition) is 2. The summed E-state index contributed by atoms with van der Waals surface area (Å²) >= 11 is 0. The van der Waals surface area contributed by atoms with E-state index >= 15 is 0 Å². The van der Waals surface area contributed by atoms with Gasteiger partial charge in [0.2, 0.25) is 0 Å². The number of unbranched alkanes of at least 4 members (excludes halogenated alkanes) is 1. The van der Waals surface area contributed by atoms with Crippen LogP contribution < -0.4 is 0 Å². The largest absolute Gasteiger partial charge is 0.481 e. The number of carboxylic acids is 1. The minimum Gasteiger partial charge on any atom is -0.481 e. The highest BCUT2D eigenvalue weighted by atomic mass is 16.4. The average molecular weight is 199 g/mol. The Balaban J connectivity index is 4.19. The Bertz CT molecular complexity index is 199. The maximum atomic E-state index is 10.9. The number of carbonyl (C=O) groups is 1. The lowest BCUT2D eigenvalue weighted by atomic mass is 9.99. The Morgan fingerprint density at radius 3 is 2.43 bits per heavy atom. The number of rotatable bonds is 7. The molecular weight excluding hydrogens is 178 g/mol. The second-order valence-corrected chi connectivity index (χ2v) is 3.56. The van der Waals surface area contributed by atoms with E-state index < -0.39 is 5.97 Å². The van der Waals surface area contributed by atoms with Gasteiger partial charge in [0.05, 0.1) is 5.92 Å². The van der Waals surface area contributed by atoms with Crippen LogP contribution in [-0.4, -0.2) is 23.3 Å². The van der Waals surface area contributed by atoms with E-state index in [0.717, 1.165) is 31.5 Å². The molecule has 82 valence electrons. The van der Waals surface area contributed by atoms with Crippen molar-refractivity contribution >= 4 is 11.7 Å². The third-order valence-electron chi connectivity index (χ3n) is 2.25. The highest BCUT2D eigenvalue weighted by Gasteiger charge is 2.18. The van der Waals surface area contributed by atoms with E-state index in [0.29, 0.717) is 6.42 Å². The predicted octanol–water partition coefficient (Wildman–Crippen LogP) is 2.75. The smallest absolute Gasteiger partial charge is 0.312 e. The molecule has 0 rings (SSSR count). The number of aliphatic imine (C=N–C) groups is 1. The average Bonchev–Trinajstić information content (AvgIpc) is 2.13. The molecule has 0 bridgehead atoms. The first-order valence-corrected chi connectivity index (χ1v) is 5.37. The first-order valence-electron chi connectivity index (χ1n) is 5.37. The van der Waals surface area contributed by atoms with Gasteiger partial charge in [-0.3, -0.25) is 9.79 Å².